The van der Waals surface area contributed by atoms with Crippen molar-refractivity contribution in [1.82, 2.24) is 4.72 Å². The van der Waals surface area contributed by atoms with E-state index in [1.807, 2.05) is 0 Å². The molecule has 128 valence electrons. The van der Waals surface area contributed by atoms with Crippen molar-refractivity contribution in [3.8, 4) is 0 Å². The molecule has 23 heavy (non-hydrogen) atoms. The maximum atomic E-state index is 12.1. The number of carbonyl (C=O) groups is 1. The first kappa shape index (κ1) is 17.5. The van der Waals surface area contributed by atoms with E-state index < -0.39 is 22.3 Å². The van der Waals surface area contributed by atoms with Gasteiger partial charge in [-0.1, -0.05) is 12.8 Å². The molecule has 1 aromatic carbocycles. The fourth-order valence-corrected chi connectivity index (χ4v) is 3.45. The van der Waals surface area contributed by atoms with Gasteiger partial charge >= 0.3 is 12.1 Å². The molecule has 10 heteroatoms. The van der Waals surface area contributed by atoms with Crippen LogP contribution in [0.5, 0.6) is 0 Å². The Morgan fingerprint density at radius 3 is 2.09 bits per heavy atom. The molecule has 0 aromatic heterocycles. The van der Waals surface area contributed by atoms with Gasteiger partial charge in [0.25, 0.3) is 10.2 Å². The normalized spacial score (nSPS) is 16.3. The van der Waals surface area contributed by atoms with E-state index in [0.717, 1.165) is 25.7 Å². The Bertz CT molecular complexity index is 653. The third-order valence-electron chi connectivity index (χ3n) is 3.33. The zero-order valence-corrected chi connectivity index (χ0v) is 12.8. The summed E-state index contributed by atoms with van der Waals surface area (Å²) in [6.45, 7) is 0. The Hall–Kier alpha value is -1.81. The molecule has 0 bridgehead atoms. The lowest BCUT2D eigenvalue weighted by Gasteiger charge is -2.14. The molecule has 1 aliphatic rings. The van der Waals surface area contributed by atoms with E-state index in [1.165, 1.54) is 24.3 Å². The quantitative estimate of drug-likeness (QED) is 0.761. The monoisotopic (exact) mass is 351 g/mol. The van der Waals surface area contributed by atoms with Crippen LogP contribution in [0.3, 0.4) is 0 Å². The standard InChI is InChI=1S/C13H16F3N3O3S/c14-13(15,16)12(20)17-9-5-7-11(8-6-9)19-23(21,22)18-10-3-1-2-4-10/h5-8,10,18-19H,1-4H2,(H,17,20). The summed E-state index contributed by atoms with van der Waals surface area (Å²) in [5.41, 5.74) is 0.0968. The Kier molecular flexibility index (Phi) is 5.15. The number of hydrogen-bond donors (Lipinski definition) is 3. The summed E-state index contributed by atoms with van der Waals surface area (Å²) in [7, 11) is -3.74. The second-order valence-corrected chi connectivity index (χ2v) is 6.68. The first-order valence-electron chi connectivity index (χ1n) is 6.94. The van der Waals surface area contributed by atoms with E-state index >= 15 is 0 Å². The molecule has 0 aliphatic heterocycles. The highest BCUT2D eigenvalue weighted by Gasteiger charge is 2.38. The number of nitrogens with one attached hydrogen (secondary N) is 3. The Balaban J connectivity index is 1.95. The van der Waals surface area contributed by atoms with E-state index in [0.29, 0.717) is 0 Å². The Labute approximate surface area is 131 Å². The van der Waals surface area contributed by atoms with Gasteiger partial charge in [0, 0.05) is 17.4 Å². The lowest BCUT2D eigenvalue weighted by Crippen LogP contribution is -2.37. The van der Waals surface area contributed by atoms with Gasteiger partial charge in [-0.25, -0.2) is 0 Å². The minimum atomic E-state index is -4.98. The number of benzene rings is 1. The van der Waals surface area contributed by atoms with Gasteiger partial charge < -0.3 is 5.32 Å². The number of alkyl halides is 3. The molecular weight excluding hydrogens is 335 g/mol. The SMILES string of the molecule is O=C(Nc1ccc(NS(=O)(=O)NC2CCCC2)cc1)C(F)(F)F. The molecule has 0 radical (unpaired) electrons. The van der Waals surface area contributed by atoms with E-state index in [1.54, 1.807) is 5.32 Å². The smallest absolute Gasteiger partial charge is 0.318 e. The number of halogens is 3. The van der Waals surface area contributed by atoms with Gasteiger partial charge in [-0.15, -0.1) is 0 Å². The molecule has 0 unspecified atom stereocenters. The Morgan fingerprint density at radius 1 is 1.04 bits per heavy atom. The number of rotatable bonds is 5. The van der Waals surface area contributed by atoms with E-state index in [2.05, 4.69) is 9.44 Å². The number of carbonyl (C=O) groups excluding carboxylic acids is 1. The van der Waals surface area contributed by atoms with Crippen LogP contribution >= 0.6 is 0 Å². The van der Waals surface area contributed by atoms with Gasteiger partial charge in [-0.3, -0.25) is 9.52 Å². The molecule has 3 N–H and O–H groups in total. The topological polar surface area (TPSA) is 87.3 Å². The van der Waals surface area contributed by atoms with Crippen molar-refractivity contribution in [2.45, 2.75) is 37.9 Å². The summed E-state index contributed by atoms with van der Waals surface area (Å²) in [5.74, 6) is -2.09. The molecule has 0 saturated heterocycles. The third-order valence-corrected chi connectivity index (χ3v) is 4.48. The average Bonchev–Trinajstić information content (AvgIpc) is 2.91. The highest BCUT2D eigenvalue weighted by atomic mass is 32.2. The van der Waals surface area contributed by atoms with Crippen LogP contribution < -0.4 is 14.8 Å². The highest BCUT2D eigenvalue weighted by molar-refractivity contribution is 7.90. The molecular formula is C13H16F3N3O3S. The van der Waals surface area contributed by atoms with Crippen LogP contribution in [0.2, 0.25) is 0 Å². The van der Waals surface area contributed by atoms with Crippen molar-refractivity contribution in [3.05, 3.63) is 24.3 Å². The summed E-state index contributed by atoms with van der Waals surface area (Å²) >= 11 is 0. The van der Waals surface area contributed by atoms with E-state index in [4.69, 9.17) is 0 Å². The maximum Gasteiger partial charge on any atom is 0.471 e. The third kappa shape index (κ3) is 5.39. The first-order valence-corrected chi connectivity index (χ1v) is 8.42. The van der Waals surface area contributed by atoms with Gasteiger partial charge in [0.1, 0.15) is 0 Å². The minimum Gasteiger partial charge on any atom is -0.318 e. The summed E-state index contributed by atoms with van der Waals surface area (Å²) in [5, 5.41) is 1.67. The van der Waals surface area contributed by atoms with Crippen LogP contribution in [0.4, 0.5) is 24.5 Å². The van der Waals surface area contributed by atoms with Crippen LogP contribution in [-0.4, -0.2) is 26.5 Å². The fraction of sp³-hybridized carbons (Fsp3) is 0.462. The predicted octanol–water partition coefficient (Wildman–Crippen LogP) is 2.38. The van der Waals surface area contributed by atoms with Crippen molar-refractivity contribution in [3.63, 3.8) is 0 Å². The van der Waals surface area contributed by atoms with Gasteiger partial charge in [-0.05, 0) is 37.1 Å². The molecule has 1 aromatic rings. The van der Waals surface area contributed by atoms with Gasteiger partial charge in [0.2, 0.25) is 0 Å². The van der Waals surface area contributed by atoms with Crippen LogP contribution in [-0.2, 0) is 15.0 Å². The number of anilines is 2. The summed E-state index contributed by atoms with van der Waals surface area (Å²) in [4.78, 5) is 10.8. The highest BCUT2D eigenvalue weighted by Crippen LogP contribution is 2.21. The molecule has 1 aliphatic carbocycles. The van der Waals surface area contributed by atoms with Crippen LogP contribution in [0.1, 0.15) is 25.7 Å². The molecule has 1 fully saturated rings. The molecule has 1 saturated carbocycles. The minimum absolute atomic E-state index is 0.0842. The second-order valence-electron chi connectivity index (χ2n) is 5.23. The number of amides is 1. The summed E-state index contributed by atoms with van der Waals surface area (Å²) < 4.78 is 65.0. The van der Waals surface area contributed by atoms with E-state index in [-0.39, 0.29) is 17.4 Å². The summed E-state index contributed by atoms with van der Waals surface area (Å²) in [6.07, 6.45) is -1.47. The molecule has 6 nitrogen and oxygen atoms in total. The largest absolute Gasteiger partial charge is 0.471 e. The predicted molar refractivity (Wildman–Crippen MR) is 79.1 cm³/mol. The van der Waals surface area contributed by atoms with Crippen molar-refractivity contribution in [1.29, 1.82) is 0 Å². The lowest BCUT2D eigenvalue weighted by molar-refractivity contribution is -0.167. The van der Waals surface area contributed by atoms with Crippen molar-refractivity contribution in [2.75, 3.05) is 10.0 Å². The number of hydrogen-bond acceptors (Lipinski definition) is 3. The van der Waals surface area contributed by atoms with E-state index in [9.17, 15) is 26.4 Å². The van der Waals surface area contributed by atoms with Crippen molar-refractivity contribution >= 4 is 27.5 Å². The molecule has 1 amide bonds. The molecule has 0 heterocycles. The van der Waals surface area contributed by atoms with Crippen molar-refractivity contribution < 1.29 is 26.4 Å². The van der Waals surface area contributed by atoms with Crippen LogP contribution in [0.25, 0.3) is 0 Å². The Morgan fingerprint density at radius 2 is 1.57 bits per heavy atom. The molecule has 0 atom stereocenters. The second kappa shape index (κ2) is 6.75. The maximum absolute atomic E-state index is 12.1. The zero-order valence-electron chi connectivity index (χ0n) is 12.0. The average molecular weight is 351 g/mol. The zero-order chi connectivity index (χ0) is 17.1. The lowest BCUT2D eigenvalue weighted by atomic mass is 10.3. The van der Waals surface area contributed by atoms with Gasteiger partial charge in [0.15, 0.2) is 0 Å². The molecule has 0 spiro atoms. The first-order chi connectivity index (χ1) is 10.7. The van der Waals surface area contributed by atoms with Crippen LogP contribution in [0.15, 0.2) is 24.3 Å². The van der Waals surface area contributed by atoms with Gasteiger partial charge in [-0.2, -0.15) is 26.3 Å². The molecule has 2 rings (SSSR count). The summed E-state index contributed by atoms with van der Waals surface area (Å²) in [6, 6.07) is 4.78. The van der Waals surface area contributed by atoms with Crippen molar-refractivity contribution in [2.24, 2.45) is 0 Å². The van der Waals surface area contributed by atoms with Gasteiger partial charge in [0.05, 0.1) is 0 Å². The fourth-order valence-electron chi connectivity index (χ4n) is 2.27. The van der Waals surface area contributed by atoms with Crippen LogP contribution in [0, 0.1) is 0 Å².